The zero-order valence-corrected chi connectivity index (χ0v) is 15.1. The fraction of sp³-hybridized carbons (Fsp3) is 0.444. The van der Waals surface area contributed by atoms with Gasteiger partial charge in [0.1, 0.15) is 5.00 Å². The first-order valence-electron chi connectivity index (χ1n) is 8.38. The zero-order chi connectivity index (χ0) is 16.9. The van der Waals surface area contributed by atoms with Gasteiger partial charge in [-0.25, -0.2) is 0 Å². The van der Waals surface area contributed by atoms with Crippen LogP contribution in [0.4, 0.5) is 5.00 Å². The lowest BCUT2D eigenvalue weighted by Crippen LogP contribution is -2.35. The first kappa shape index (κ1) is 16.9. The molecule has 3 rings (SSSR count). The van der Waals surface area contributed by atoms with Gasteiger partial charge in [0.15, 0.2) is 0 Å². The van der Waals surface area contributed by atoms with Crippen LogP contribution in [-0.4, -0.2) is 53.3 Å². The molecule has 1 aliphatic rings. The van der Waals surface area contributed by atoms with E-state index < -0.39 is 0 Å². The number of hydrogen-bond donors (Lipinski definition) is 1. The van der Waals surface area contributed by atoms with Gasteiger partial charge in [0, 0.05) is 39.8 Å². The molecule has 1 amide bonds. The van der Waals surface area contributed by atoms with Crippen molar-refractivity contribution >= 4 is 22.4 Å². The van der Waals surface area contributed by atoms with Crippen LogP contribution in [-0.2, 0) is 6.54 Å². The molecule has 0 bridgehead atoms. The highest BCUT2D eigenvalue weighted by Crippen LogP contribution is 2.25. The van der Waals surface area contributed by atoms with Crippen LogP contribution < -0.4 is 5.32 Å². The van der Waals surface area contributed by atoms with Crippen LogP contribution in [0.25, 0.3) is 0 Å². The summed E-state index contributed by atoms with van der Waals surface area (Å²) in [6, 6.07) is 10.5. The van der Waals surface area contributed by atoms with Crippen LogP contribution in [0.2, 0.25) is 0 Å². The van der Waals surface area contributed by atoms with Crippen LogP contribution in [0.15, 0.2) is 30.3 Å². The lowest BCUT2D eigenvalue weighted by Gasteiger charge is -2.22. The maximum Gasteiger partial charge on any atom is 0.258 e. The molecule has 0 saturated carbocycles. The molecule has 0 unspecified atom stereocenters. The van der Waals surface area contributed by atoms with Gasteiger partial charge >= 0.3 is 0 Å². The quantitative estimate of drug-likeness (QED) is 0.926. The lowest BCUT2D eigenvalue weighted by atomic mass is 10.2. The highest BCUT2D eigenvalue weighted by molar-refractivity contribution is 7.10. The Morgan fingerprint density at radius 3 is 2.75 bits per heavy atom. The smallest absolute Gasteiger partial charge is 0.258 e. The Kier molecular flexibility index (Phi) is 5.48. The van der Waals surface area contributed by atoms with Gasteiger partial charge < -0.3 is 10.2 Å². The van der Waals surface area contributed by atoms with E-state index in [9.17, 15) is 4.79 Å². The number of nitrogens with one attached hydrogen (secondary N) is 1. The number of nitrogens with zero attached hydrogens (tertiary/aromatic N) is 3. The standard InChI is InChI=1S/C18H24N4OS/c1-14-16(17(19-2)24-20-14)18(23)22-10-6-9-21(11-12-22)13-15-7-4-3-5-8-15/h3-5,7-8,19H,6,9-13H2,1-2H3. The first-order chi connectivity index (χ1) is 11.7. The molecule has 1 N–H and O–H groups in total. The molecule has 1 aromatic carbocycles. The van der Waals surface area contributed by atoms with E-state index in [1.54, 1.807) is 0 Å². The second-order valence-electron chi connectivity index (χ2n) is 6.13. The fourth-order valence-electron chi connectivity index (χ4n) is 3.12. The van der Waals surface area contributed by atoms with E-state index in [4.69, 9.17) is 0 Å². The predicted molar refractivity (Wildman–Crippen MR) is 98.6 cm³/mol. The van der Waals surface area contributed by atoms with Gasteiger partial charge in [-0.15, -0.1) is 0 Å². The van der Waals surface area contributed by atoms with Gasteiger partial charge in [-0.3, -0.25) is 9.69 Å². The summed E-state index contributed by atoms with van der Waals surface area (Å²) in [5.41, 5.74) is 2.88. The maximum atomic E-state index is 12.9. The summed E-state index contributed by atoms with van der Waals surface area (Å²) in [4.78, 5) is 17.3. The number of amides is 1. The predicted octanol–water partition coefficient (Wildman–Crippen LogP) is 2.84. The molecule has 6 heteroatoms. The normalized spacial score (nSPS) is 16.0. The van der Waals surface area contributed by atoms with Gasteiger partial charge in [-0.2, -0.15) is 4.37 Å². The van der Waals surface area contributed by atoms with Crippen molar-refractivity contribution in [2.24, 2.45) is 0 Å². The number of carbonyl (C=O) groups is 1. The molecule has 1 fully saturated rings. The number of rotatable bonds is 4. The molecular formula is C18H24N4OS. The molecule has 5 nitrogen and oxygen atoms in total. The van der Waals surface area contributed by atoms with Crippen molar-refractivity contribution in [2.75, 3.05) is 38.5 Å². The Balaban J connectivity index is 1.65. The van der Waals surface area contributed by atoms with Crippen LogP contribution in [0.1, 0.15) is 28.0 Å². The number of aryl methyl sites for hydroxylation is 1. The van der Waals surface area contributed by atoms with E-state index in [0.717, 1.165) is 55.4 Å². The third kappa shape index (κ3) is 3.76. The molecule has 1 saturated heterocycles. The number of hydrogen-bond acceptors (Lipinski definition) is 5. The highest BCUT2D eigenvalue weighted by atomic mass is 32.1. The van der Waals surface area contributed by atoms with Gasteiger partial charge in [0.2, 0.25) is 0 Å². The molecule has 2 heterocycles. The molecule has 0 spiro atoms. The molecule has 0 radical (unpaired) electrons. The average Bonchev–Trinajstić information content (AvgIpc) is 2.82. The van der Waals surface area contributed by atoms with Crippen molar-refractivity contribution in [1.29, 1.82) is 0 Å². The summed E-state index contributed by atoms with van der Waals surface area (Å²) >= 11 is 1.36. The average molecular weight is 344 g/mol. The minimum atomic E-state index is 0.104. The van der Waals surface area contributed by atoms with Crippen LogP contribution in [0, 0.1) is 6.92 Å². The SMILES string of the molecule is CNc1snc(C)c1C(=O)N1CCCN(Cc2ccccc2)CC1. The van der Waals surface area contributed by atoms with E-state index in [0.29, 0.717) is 0 Å². The van der Waals surface area contributed by atoms with E-state index >= 15 is 0 Å². The number of benzene rings is 1. The van der Waals surface area contributed by atoms with Crippen LogP contribution in [0.5, 0.6) is 0 Å². The van der Waals surface area contributed by atoms with Crippen molar-refractivity contribution in [3.05, 3.63) is 47.2 Å². The summed E-state index contributed by atoms with van der Waals surface area (Å²) in [5, 5.41) is 3.96. The van der Waals surface area contributed by atoms with Gasteiger partial charge in [0.05, 0.1) is 11.3 Å². The monoisotopic (exact) mass is 344 g/mol. The summed E-state index contributed by atoms with van der Waals surface area (Å²) in [6.45, 7) is 6.37. The third-order valence-electron chi connectivity index (χ3n) is 4.43. The van der Waals surface area contributed by atoms with Crippen LogP contribution in [0.3, 0.4) is 0 Å². The van der Waals surface area contributed by atoms with Crippen LogP contribution >= 0.6 is 11.5 Å². The highest BCUT2D eigenvalue weighted by Gasteiger charge is 2.25. The Morgan fingerprint density at radius 2 is 2.00 bits per heavy atom. The largest absolute Gasteiger partial charge is 0.378 e. The molecule has 0 atom stereocenters. The van der Waals surface area contributed by atoms with Gasteiger partial charge in [-0.05, 0) is 30.4 Å². The van der Waals surface area contributed by atoms with Gasteiger partial charge in [-0.1, -0.05) is 30.3 Å². The molecule has 2 aromatic rings. The molecule has 24 heavy (non-hydrogen) atoms. The summed E-state index contributed by atoms with van der Waals surface area (Å²) in [7, 11) is 1.84. The van der Waals surface area contributed by atoms with Crippen molar-refractivity contribution in [3.63, 3.8) is 0 Å². The zero-order valence-electron chi connectivity index (χ0n) is 14.3. The molecule has 0 aliphatic carbocycles. The number of aromatic nitrogens is 1. The second kappa shape index (κ2) is 7.77. The molecule has 1 aromatic heterocycles. The van der Waals surface area contributed by atoms with E-state index in [1.807, 2.05) is 24.9 Å². The minimum Gasteiger partial charge on any atom is -0.378 e. The van der Waals surface area contributed by atoms with E-state index in [1.165, 1.54) is 17.1 Å². The number of carbonyl (C=O) groups excluding carboxylic acids is 1. The Hall–Kier alpha value is -1.92. The summed E-state index contributed by atoms with van der Waals surface area (Å²) in [5.74, 6) is 0.104. The molecule has 128 valence electrons. The van der Waals surface area contributed by atoms with Gasteiger partial charge in [0.25, 0.3) is 5.91 Å². The van der Waals surface area contributed by atoms with Crippen molar-refractivity contribution < 1.29 is 4.79 Å². The van der Waals surface area contributed by atoms with Crippen molar-refractivity contribution in [1.82, 2.24) is 14.2 Å². The summed E-state index contributed by atoms with van der Waals surface area (Å²) in [6.07, 6.45) is 1.00. The molecule has 1 aliphatic heterocycles. The lowest BCUT2D eigenvalue weighted by molar-refractivity contribution is 0.0761. The van der Waals surface area contributed by atoms with E-state index in [-0.39, 0.29) is 5.91 Å². The Morgan fingerprint density at radius 1 is 1.21 bits per heavy atom. The topological polar surface area (TPSA) is 48.5 Å². The molecular weight excluding hydrogens is 320 g/mol. The fourth-order valence-corrected chi connectivity index (χ4v) is 3.86. The summed E-state index contributed by atoms with van der Waals surface area (Å²) < 4.78 is 4.32. The maximum absolute atomic E-state index is 12.9. The Labute approximate surface area is 147 Å². The van der Waals surface area contributed by atoms with E-state index in [2.05, 4.69) is 38.9 Å². The van der Waals surface area contributed by atoms with Crippen molar-refractivity contribution in [3.8, 4) is 0 Å². The third-order valence-corrected chi connectivity index (χ3v) is 5.38. The minimum absolute atomic E-state index is 0.104. The second-order valence-corrected chi connectivity index (χ2v) is 6.90. The first-order valence-corrected chi connectivity index (χ1v) is 9.16. The van der Waals surface area contributed by atoms with Crippen molar-refractivity contribution in [2.45, 2.75) is 19.9 Å². The number of anilines is 1. The Bertz CT molecular complexity index is 686.